The Bertz CT molecular complexity index is 55.7. The molecule has 0 heterocycles. The van der Waals surface area contributed by atoms with Gasteiger partial charge in [0.1, 0.15) is 0 Å². The molecule has 0 aromatic carbocycles. The quantitative estimate of drug-likeness (QED) is 0.419. The number of rotatable bonds is 3. The van der Waals surface area contributed by atoms with Crippen LogP contribution in [0.4, 0.5) is 0 Å². The molecule has 0 aliphatic heterocycles. The van der Waals surface area contributed by atoms with Crippen LogP contribution in [0.1, 0.15) is 6.92 Å². The van der Waals surface area contributed by atoms with Crippen LogP contribution >= 0.6 is 0 Å². The molecule has 7 heavy (non-hydrogen) atoms. The first kappa shape index (κ1) is 6.88. The van der Waals surface area contributed by atoms with Crippen molar-refractivity contribution in [2.45, 2.75) is 13.0 Å². The third-order valence-electron chi connectivity index (χ3n) is 0.571. The van der Waals surface area contributed by atoms with Gasteiger partial charge in [0.15, 0.2) is 0 Å². The molecule has 3 heteroatoms. The van der Waals surface area contributed by atoms with Crippen molar-refractivity contribution in [1.29, 1.82) is 0 Å². The van der Waals surface area contributed by atoms with Crippen molar-refractivity contribution < 1.29 is 9.22 Å². The standard InChI is InChI=1S/C4H8O2Si/c1-3-4(2)6-7-5/h3-5H,1H2,2H3. The molecule has 2 nitrogen and oxygen atoms in total. The van der Waals surface area contributed by atoms with Crippen molar-refractivity contribution in [3.8, 4) is 0 Å². The Balaban J connectivity index is 2.98. The maximum absolute atomic E-state index is 8.13. The van der Waals surface area contributed by atoms with Gasteiger partial charge in [-0.15, -0.1) is 6.58 Å². The fraction of sp³-hybridized carbons (Fsp3) is 0.500. The van der Waals surface area contributed by atoms with Gasteiger partial charge in [-0.2, -0.15) is 0 Å². The average Bonchev–Trinajstić information content (AvgIpc) is 1.68. The van der Waals surface area contributed by atoms with Crippen LogP contribution in [0.3, 0.4) is 0 Å². The van der Waals surface area contributed by atoms with Gasteiger partial charge in [0.05, 0.1) is 6.10 Å². The third kappa shape index (κ3) is 3.71. The van der Waals surface area contributed by atoms with Crippen LogP contribution in [0.25, 0.3) is 0 Å². The van der Waals surface area contributed by atoms with E-state index in [0.717, 1.165) is 0 Å². The van der Waals surface area contributed by atoms with Gasteiger partial charge in [-0.3, -0.25) is 0 Å². The first-order chi connectivity index (χ1) is 3.31. The number of hydrogen-bond acceptors (Lipinski definition) is 2. The lowest BCUT2D eigenvalue weighted by atomic mass is 10.4. The zero-order valence-electron chi connectivity index (χ0n) is 4.22. The summed E-state index contributed by atoms with van der Waals surface area (Å²) >= 11 is 0. The van der Waals surface area contributed by atoms with Gasteiger partial charge in [0.25, 0.3) is 0 Å². The molecule has 0 saturated heterocycles. The van der Waals surface area contributed by atoms with Gasteiger partial charge in [-0.25, -0.2) is 0 Å². The van der Waals surface area contributed by atoms with Gasteiger partial charge < -0.3 is 9.22 Å². The molecule has 1 unspecified atom stereocenters. The topological polar surface area (TPSA) is 29.5 Å². The highest BCUT2D eigenvalue weighted by molar-refractivity contribution is 6.15. The van der Waals surface area contributed by atoms with Crippen LogP contribution in [0.2, 0.25) is 0 Å². The van der Waals surface area contributed by atoms with E-state index in [1.165, 1.54) is 0 Å². The van der Waals surface area contributed by atoms with Crippen molar-refractivity contribution in [3.63, 3.8) is 0 Å². The summed E-state index contributed by atoms with van der Waals surface area (Å²) < 4.78 is 4.66. The Labute approximate surface area is 45.9 Å². The molecular formula is C4H8O2Si. The lowest BCUT2D eigenvalue weighted by Gasteiger charge is -2.00. The fourth-order valence-electron chi connectivity index (χ4n) is 0.131. The minimum atomic E-state index is -0.426. The Morgan fingerprint density at radius 2 is 2.57 bits per heavy atom. The molecule has 0 amide bonds. The summed E-state index contributed by atoms with van der Waals surface area (Å²) in [4.78, 5) is 8.13. The van der Waals surface area contributed by atoms with Crippen LogP contribution < -0.4 is 0 Å². The molecule has 0 saturated carbocycles. The maximum Gasteiger partial charge on any atom is 0.430 e. The molecule has 1 N–H and O–H groups in total. The third-order valence-corrected chi connectivity index (χ3v) is 1.05. The molecule has 0 aromatic rings. The van der Waals surface area contributed by atoms with Crippen LogP contribution in [-0.2, 0) is 4.43 Å². The molecular weight excluding hydrogens is 108 g/mol. The lowest BCUT2D eigenvalue weighted by Crippen LogP contribution is -2.06. The van der Waals surface area contributed by atoms with Crippen LogP contribution in [0.15, 0.2) is 12.7 Å². The van der Waals surface area contributed by atoms with E-state index in [1.807, 2.05) is 6.92 Å². The normalized spacial score (nSPS) is 13.4. The van der Waals surface area contributed by atoms with Crippen molar-refractivity contribution in [3.05, 3.63) is 12.7 Å². The van der Waals surface area contributed by atoms with Crippen LogP contribution in [0.5, 0.6) is 0 Å². The predicted octanol–water partition coefficient (Wildman–Crippen LogP) is 0.104. The molecule has 0 aromatic heterocycles. The maximum atomic E-state index is 8.13. The van der Waals surface area contributed by atoms with E-state index in [2.05, 4.69) is 11.0 Å². The van der Waals surface area contributed by atoms with Crippen molar-refractivity contribution >= 4 is 10.0 Å². The van der Waals surface area contributed by atoms with Crippen molar-refractivity contribution in [2.24, 2.45) is 0 Å². The zero-order chi connectivity index (χ0) is 5.70. The first-order valence-corrected chi connectivity index (χ1v) is 2.84. The van der Waals surface area contributed by atoms with E-state index >= 15 is 0 Å². The van der Waals surface area contributed by atoms with Gasteiger partial charge in [-0.05, 0) is 6.92 Å². The number of hydrogen-bond donors (Lipinski definition) is 1. The Kier molecular flexibility index (Phi) is 3.98. The highest BCUT2D eigenvalue weighted by Crippen LogP contribution is 1.85. The summed E-state index contributed by atoms with van der Waals surface area (Å²) in [6.07, 6.45) is 1.60. The minimum Gasteiger partial charge on any atom is -0.409 e. The summed E-state index contributed by atoms with van der Waals surface area (Å²) in [5, 5.41) is 0. The fourth-order valence-corrected chi connectivity index (χ4v) is 0.394. The van der Waals surface area contributed by atoms with Crippen LogP contribution in [0, 0.1) is 0 Å². The lowest BCUT2D eigenvalue weighted by molar-refractivity contribution is 0.243. The highest BCUT2D eigenvalue weighted by atomic mass is 28.2. The molecule has 0 aliphatic rings. The average molecular weight is 116 g/mol. The van der Waals surface area contributed by atoms with Crippen molar-refractivity contribution in [2.75, 3.05) is 0 Å². The molecule has 0 aliphatic carbocycles. The summed E-state index contributed by atoms with van der Waals surface area (Å²) in [6.45, 7) is 5.26. The second kappa shape index (κ2) is 4.05. The van der Waals surface area contributed by atoms with Crippen molar-refractivity contribution in [1.82, 2.24) is 0 Å². The molecule has 0 bridgehead atoms. The summed E-state index contributed by atoms with van der Waals surface area (Å²) in [5.74, 6) is 0. The summed E-state index contributed by atoms with van der Waals surface area (Å²) in [7, 11) is -0.426. The van der Waals surface area contributed by atoms with E-state index in [0.29, 0.717) is 0 Å². The van der Waals surface area contributed by atoms with Crippen LogP contribution in [-0.4, -0.2) is 20.9 Å². The second-order valence-corrected chi connectivity index (χ2v) is 1.57. The molecule has 40 valence electrons. The minimum absolute atomic E-state index is 0.0247. The van der Waals surface area contributed by atoms with Gasteiger partial charge >= 0.3 is 10.0 Å². The Morgan fingerprint density at radius 1 is 2.00 bits per heavy atom. The molecule has 2 radical (unpaired) electrons. The van der Waals surface area contributed by atoms with Gasteiger partial charge in [0.2, 0.25) is 0 Å². The van der Waals surface area contributed by atoms with Gasteiger partial charge in [-0.1, -0.05) is 6.08 Å². The van der Waals surface area contributed by atoms with E-state index in [-0.39, 0.29) is 6.10 Å². The monoisotopic (exact) mass is 116 g/mol. The summed E-state index contributed by atoms with van der Waals surface area (Å²) in [6, 6.07) is 0. The van der Waals surface area contributed by atoms with E-state index in [1.54, 1.807) is 6.08 Å². The largest absolute Gasteiger partial charge is 0.430 e. The second-order valence-electron chi connectivity index (χ2n) is 1.15. The summed E-state index contributed by atoms with van der Waals surface area (Å²) in [5.41, 5.74) is 0. The highest BCUT2D eigenvalue weighted by Gasteiger charge is 1.91. The smallest absolute Gasteiger partial charge is 0.409 e. The first-order valence-electron chi connectivity index (χ1n) is 1.98. The van der Waals surface area contributed by atoms with Gasteiger partial charge in [0, 0.05) is 0 Å². The predicted molar refractivity (Wildman–Crippen MR) is 28.7 cm³/mol. The van der Waals surface area contributed by atoms with E-state index in [4.69, 9.17) is 4.80 Å². The Hall–Kier alpha value is -0.123. The SMILES string of the molecule is C=CC(C)O[Si]O. The molecule has 0 fully saturated rings. The molecule has 1 atom stereocenters. The molecule has 0 spiro atoms. The van der Waals surface area contributed by atoms with E-state index < -0.39 is 10.0 Å². The Morgan fingerprint density at radius 3 is 2.71 bits per heavy atom. The van der Waals surface area contributed by atoms with E-state index in [9.17, 15) is 0 Å². The molecule has 0 rings (SSSR count). The zero-order valence-corrected chi connectivity index (χ0v) is 5.22.